The number of likely N-dealkylation sites (N-methyl/N-ethyl adjacent to an activating group) is 1. The van der Waals surface area contributed by atoms with Gasteiger partial charge in [0.1, 0.15) is 5.82 Å². The normalized spacial score (nSPS) is 22.1. The monoisotopic (exact) mass is 314 g/mol. The third kappa shape index (κ3) is 4.32. The molecule has 0 spiro atoms. The maximum atomic E-state index is 12.2. The molecule has 1 aliphatic heterocycles. The number of carbonyl (C=O) groups excluding carboxylic acids is 1. The van der Waals surface area contributed by atoms with E-state index in [0.717, 1.165) is 56.8 Å². The first-order chi connectivity index (χ1) is 11.2. The predicted molar refractivity (Wildman–Crippen MR) is 92.3 cm³/mol. The molecule has 5 heteroatoms. The second kappa shape index (κ2) is 7.59. The Labute approximate surface area is 138 Å². The van der Waals surface area contributed by atoms with Gasteiger partial charge in [0.2, 0.25) is 5.91 Å². The first kappa shape index (κ1) is 16.0. The van der Waals surface area contributed by atoms with E-state index in [9.17, 15) is 4.79 Å². The Morgan fingerprint density at radius 3 is 2.87 bits per heavy atom. The summed E-state index contributed by atoms with van der Waals surface area (Å²) < 4.78 is 0. The minimum absolute atomic E-state index is 0.138. The van der Waals surface area contributed by atoms with Gasteiger partial charge in [0.05, 0.1) is 0 Å². The lowest BCUT2D eigenvalue weighted by Crippen LogP contribution is -2.44. The first-order valence-electron chi connectivity index (χ1n) is 8.53. The fourth-order valence-corrected chi connectivity index (χ4v) is 3.14. The lowest BCUT2D eigenvalue weighted by molar-refractivity contribution is -0.125. The van der Waals surface area contributed by atoms with Gasteiger partial charge >= 0.3 is 0 Å². The molecule has 1 N–H and O–H groups in total. The van der Waals surface area contributed by atoms with E-state index in [2.05, 4.69) is 45.4 Å². The maximum absolute atomic E-state index is 12.2. The van der Waals surface area contributed by atoms with Gasteiger partial charge in [-0.2, -0.15) is 0 Å². The van der Waals surface area contributed by atoms with Crippen molar-refractivity contribution in [2.45, 2.75) is 25.8 Å². The maximum Gasteiger partial charge on any atom is 0.223 e. The Morgan fingerprint density at radius 1 is 1.30 bits per heavy atom. The molecule has 1 saturated heterocycles. The topological polar surface area (TPSA) is 48.5 Å². The lowest BCUT2D eigenvalue weighted by Gasteiger charge is -2.33. The molecule has 124 valence electrons. The van der Waals surface area contributed by atoms with Gasteiger partial charge in [0.15, 0.2) is 0 Å². The van der Waals surface area contributed by atoms with Crippen LogP contribution in [0.25, 0.3) is 0 Å². The van der Waals surface area contributed by atoms with Gasteiger partial charge in [-0.25, -0.2) is 4.98 Å². The number of carbonyl (C=O) groups is 1. The second-order valence-corrected chi connectivity index (χ2v) is 6.51. The van der Waals surface area contributed by atoms with Crippen LogP contribution >= 0.6 is 0 Å². The van der Waals surface area contributed by atoms with Gasteiger partial charge in [-0.15, -0.1) is 0 Å². The zero-order valence-electron chi connectivity index (χ0n) is 13.9. The Kier molecular flexibility index (Phi) is 5.28. The van der Waals surface area contributed by atoms with Crippen LogP contribution in [0.5, 0.6) is 0 Å². The van der Waals surface area contributed by atoms with E-state index in [4.69, 9.17) is 0 Å². The number of anilines is 1. The van der Waals surface area contributed by atoms with E-state index >= 15 is 0 Å². The predicted octanol–water partition coefficient (Wildman–Crippen LogP) is 1.81. The smallest absolute Gasteiger partial charge is 0.223 e. The van der Waals surface area contributed by atoms with Gasteiger partial charge in [0.25, 0.3) is 0 Å². The average Bonchev–Trinajstić information content (AvgIpc) is 2.61. The standard InChI is InChI=1S/C18H26N4O/c1-21-9-11-22(12-10-21)17-13-15(7-8-19-17)14-20-18(23)16-5-3-2-4-6-16/h2-3,7-8,13,16H,4-6,9-12,14H2,1H3,(H,20,23)/t16-/m0/s1. The number of nitrogens with zero attached hydrogens (tertiary/aromatic N) is 3. The minimum Gasteiger partial charge on any atom is -0.354 e. The molecule has 23 heavy (non-hydrogen) atoms. The van der Waals surface area contributed by atoms with Crippen molar-refractivity contribution in [3.8, 4) is 0 Å². The van der Waals surface area contributed by atoms with Crippen molar-refractivity contribution in [2.24, 2.45) is 5.92 Å². The summed E-state index contributed by atoms with van der Waals surface area (Å²) in [5.74, 6) is 1.33. The van der Waals surface area contributed by atoms with Crippen molar-refractivity contribution in [2.75, 3.05) is 38.1 Å². The number of pyridine rings is 1. The van der Waals surface area contributed by atoms with Gasteiger partial charge in [0, 0.05) is 44.8 Å². The number of amides is 1. The molecule has 0 bridgehead atoms. The fraction of sp³-hybridized carbons (Fsp3) is 0.556. The highest BCUT2D eigenvalue weighted by Gasteiger charge is 2.19. The van der Waals surface area contributed by atoms with Gasteiger partial charge in [-0.1, -0.05) is 12.2 Å². The summed E-state index contributed by atoms with van der Waals surface area (Å²) in [7, 11) is 2.15. The highest BCUT2D eigenvalue weighted by Crippen LogP contribution is 2.19. The Hall–Kier alpha value is -1.88. The highest BCUT2D eigenvalue weighted by atomic mass is 16.1. The fourth-order valence-electron chi connectivity index (χ4n) is 3.14. The number of aromatic nitrogens is 1. The molecule has 0 unspecified atom stereocenters. The molecule has 0 saturated carbocycles. The number of allylic oxidation sites excluding steroid dienone is 2. The van der Waals surface area contributed by atoms with Crippen LogP contribution in [0.1, 0.15) is 24.8 Å². The molecular formula is C18H26N4O. The van der Waals surface area contributed by atoms with Crippen molar-refractivity contribution in [1.82, 2.24) is 15.2 Å². The van der Waals surface area contributed by atoms with Crippen molar-refractivity contribution >= 4 is 11.7 Å². The third-order valence-electron chi connectivity index (χ3n) is 4.74. The summed E-state index contributed by atoms with van der Waals surface area (Å²) in [6.45, 7) is 4.74. The number of nitrogens with one attached hydrogen (secondary N) is 1. The van der Waals surface area contributed by atoms with Crippen LogP contribution in [0, 0.1) is 5.92 Å². The van der Waals surface area contributed by atoms with E-state index < -0.39 is 0 Å². The van der Waals surface area contributed by atoms with Crippen LogP contribution in [0.15, 0.2) is 30.5 Å². The SMILES string of the molecule is CN1CCN(c2cc(CNC(=O)[C@H]3CC=CCC3)ccn2)CC1. The largest absolute Gasteiger partial charge is 0.354 e. The Morgan fingerprint density at radius 2 is 2.13 bits per heavy atom. The second-order valence-electron chi connectivity index (χ2n) is 6.51. The van der Waals surface area contributed by atoms with Crippen LogP contribution in [-0.4, -0.2) is 49.0 Å². The van der Waals surface area contributed by atoms with Crippen LogP contribution in [0.3, 0.4) is 0 Å². The molecule has 3 rings (SSSR count). The van der Waals surface area contributed by atoms with Gasteiger partial charge in [-0.05, 0) is 44.0 Å². The van der Waals surface area contributed by atoms with Crippen LogP contribution in [0.4, 0.5) is 5.82 Å². The van der Waals surface area contributed by atoms with E-state index in [-0.39, 0.29) is 11.8 Å². The van der Waals surface area contributed by atoms with E-state index in [1.165, 1.54) is 0 Å². The number of rotatable bonds is 4. The molecule has 1 aromatic rings. The minimum atomic E-state index is 0.138. The van der Waals surface area contributed by atoms with Crippen LogP contribution < -0.4 is 10.2 Å². The lowest BCUT2D eigenvalue weighted by atomic mass is 9.93. The third-order valence-corrected chi connectivity index (χ3v) is 4.74. The Bertz CT molecular complexity index is 564. The molecule has 1 amide bonds. The van der Waals surface area contributed by atoms with Crippen molar-refractivity contribution in [3.05, 3.63) is 36.0 Å². The molecule has 0 radical (unpaired) electrons. The Balaban J connectivity index is 1.55. The van der Waals surface area contributed by atoms with Crippen LogP contribution in [0.2, 0.25) is 0 Å². The quantitative estimate of drug-likeness (QED) is 0.861. The summed E-state index contributed by atoms with van der Waals surface area (Å²) in [4.78, 5) is 21.4. The molecule has 1 fully saturated rings. The molecule has 5 nitrogen and oxygen atoms in total. The molecule has 1 aromatic heterocycles. The average molecular weight is 314 g/mol. The van der Waals surface area contributed by atoms with E-state index in [0.29, 0.717) is 6.54 Å². The highest BCUT2D eigenvalue weighted by molar-refractivity contribution is 5.79. The molecule has 1 aliphatic carbocycles. The number of hydrogen-bond donors (Lipinski definition) is 1. The van der Waals surface area contributed by atoms with E-state index in [1.54, 1.807) is 0 Å². The molecule has 2 heterocycles. The zero-order valence-corrected chi connectivity index (χ0v) is 13.9. The van der Waals surface area contributed by atoms with Crippen molar-refractivity contribution in [1.29, 1.82) is 0 Å². The summed E-state index contributed by atoms with van der Waals surface area (Å²) in [5.41, 5.74) is 1.12. The number of hydrogen-bond acceptors (Lipinski definition) is 4. The molecular weight excluding hydrogens is 288 g/mol. The van der Waals surface area contributed by atoms with Crippen molar-refractivity contribution in [3.63, 3.8) is 0 Å². The van der Waals surface area contributed by atoms with Crippen molar-refractivity contribution < 1.29 is 4.79 Å². The van der Waals surface area contributed by atoms with Gasteiger partial charge in [-0.3, -0.25) is 4.79 Å². The molecule has 2 aliphatic rings. The molecule has 0 aromatic carbocycles. The number of piperazine rings is 1. The zero-order chi connectivity index (χ0) is 16.1. The summed E-state index contributed by atoms with van der Waals surface area (Å²) in [6, 6.07) is 4.09. The summed E-state index contributed by atoms with van der Waals surface area (Å²) >= 11 is 0. The molecule has 1 atom stereocenters. The first-order valence-corrected chi connectivity index (χ1v) is 8.53. The van der Waals surface area contributed by atoms with Crippen LogP contribution in [-0.2, 0) is 11.3 Å². The summed E-state index contributed by atoms with van der Waals surface area (Å²) in [6.07, 6.45) is 8.97. The van der Waals surface area contributed by atoms with E-state index in [1.807, 2.05) is 12.3 Å². The van der Waals surface area contributed by atoms with Gasteiger partial charge < -0.3 is 15.1 Å². The summed E-state index contributed by atoms with van der Waals surface area (Å²) in [5, 5.41) is 3.08.